The predicted molar refractivity (Wildman–Crippen MR) is 82.5 cm³/mol. The van der Waals surface area contributed by atoms with Crippen LogP contribution in [0, 0.1) is 0 Å². The van der Waals surface area contributed by atoms with Crippen molar-refractivity contribution in [1.82, 2.24) is 15.0 Å². The number of hydrogen-bond donors (Lipinski definition) is 1. The number of nitrogens with zero attached hydrogens (tertiary/aromatic N) is 3. The van der Waals surface area contributed by atoms with Crippen molar-refractivity contribution in [3.8, 4) is 11.5 Å². The molecule has 0 aliphatic heterocycles. The van der Waals surface area contributed by atoms with E-state index in [1.807, 2.05) is 13.0 Å². The fourth-order valence-electron chi connectivity index (χ4n) is 1.35. The highest BCUT2D eigenvalue weighted by Gasteiger charge is 2.11. The van der Waals surface area contributed by atoms with Gasteiger partial charge in [0.2, 0.25) is 0 Å². The summed E-state index contributed by atoms with van der Waals surface area (Å²) in [7, 11) is 0. The number of nitrogens with one attached hydrogen (secondary N) is 1. The maximum Gasteiger partial charge on any atom is 0.181 e. The highest BCUT2D eigenvalue weighted by molar-refractivity contribution is 9.11. The minimum absolute atomic E-state index is 0.577. The normalized spacial score (nSPS) is 10.4. The molecule has 4 nitrogen and oxygen atoms in total. The van der Waals surface area contributed by atoms with Crippen molar-refractivity contribution in [1.29, 1.82) is 0 Å². The maximum atomic E-state index is 4.45. The summed E-state index contributed by atoms with van der Waals surface area (Å²) in [6, 6.07) is 1.92. The molecule has 0 aliphatic rings. The number of anilines is 1. The lowest BCUT2D eigenvalue weighted by atomic mass is 10.3. The second-order valence-electron chi connectivity index (χ2n) is 3.40. The van der Waals surface area contributed by atoms with Crippen molar-refractivity contribution in [2.45, 2.75) is 6.92 Å². The summed E-state index contributed by atoms with van der Waals surface area (Å²) in [5.41, 5.74) is 0.713. The van der Waals surface area contributed by atoms with E-state index in [9.17, 15) is 0 Å². The van der Waals surface area contributed by atoms with E-state index in [1.165, 1.54) is 0 Å². The summed E-state index contributed by atoms with van der Waals surface area (Å²) < 4.78 is 2.59. The Kier molecular flexibility index (Phi) is 4.69. The quantitative estimate of drug-likeness (QED) is 0.781. The first kappa shape index (κ1) is 13.9. The molecule has 0 amide bonds. The molecule has 0 saturated carbocycles. The SMILES string of the molecule is CCNc1nc(-c2ncc(Br)cc2Br)ncc1Br. The van der Waals surface area contributed by atoms with Crippen molar-refractivity contribution >= 4 is 53.6 Å². The maximum absolute atomic E-state index is 4.45. The Balaban J connectivity index is 2.47. The van der Waals surface area contributed by atoms with Gasteiger partial charge >= 0.3 is 0 Å². The van der Waals surface area contributed by atoms with Crippen LogP contribution in [0.2, 0.25) is 0 Å². The zero-order valence-electron chi connectivity index (χ0n) is 9.41. The highest BCUT2D eigenvalue weighted by atomic mass is 79.9. The Morgan fingerprint density at radius 1 is 1.11 bits per heavy atom. The minimum Gasteiger partial charge on any atom is -0.369 e. The van der Waals surface area contributed by atoms with E-state index >= 15 is 0 Å². The van der Waals surface area contributed by atoms with Crippen LogP contribution in [-0.2, 0) is 0 Å². The van der Waals surface area contributed by atoms with Gasteiger partial charge in [0.25, 0.3) is 0 Å². The molecule has 0 aliphatic carbocycles. The largest absolute Gasteiger partial charge is 0.369 e. The van der Waals surface area contributed by atoms with Gasteiger partial charge in [0.15, 0.2) is 5.82 Å². The van der Waals surface area contributed by atoms with E-state index in [2.05, 4.69) is 68.1 Å². The summed E-state index contributed by atoms with van der Waals surface area (Å²) in [6.07, 6.45) is 3.44. The van der Waals surface area contributed by atoms with Crippen LogP contribution in [0.4, 0.5) is 5.82 Å². The van der Waals surface area contributed by atoms with Crippen LogP contribution in [0.5, 0.6) is 0 Å². The molecule has 94 valence electrons. The van der Waals surface area contributed by atoms with Crippen LogP contribution >= 0.6 is 47.8 Å². The zero-order chi connectivity index (χ0) is 13.1. The molecule has 0 atom stereocenters. The molecule has 2 aromatic heterocycles. The van der Waals surface area contributed by atoms with Crippen LogP contribution in [0.15, 0.2) is 31.9 Å². The molecule has 2 rings (SSSR count). The van der Waals surface area contributed by atoms with Crippen molar-refractivity contribution < 1.29 is 0 Å². The molecular formula is C11H9Br3N4. The molecule has 7 heteroatoms. The first-order valence-electron chi connectivity index (χ1n) is 5.19. The lowest BCUT2D eigenvalue weighted by Gasteiger charge is -2.07. The monoisotopic (exact) mass is 434 g/mol. The number of hydrogen-bond acceptors (Lipinski definition) is 4. The molecule has 1 N–H and O–H groups in total. The Bertz CT molecular complexity index is 574. The van der Waals surface area contributed by atoms with E-state index in [1.54, 1.807) is 12.4 Å². The van der Waals surface area contributed by atoms with Crippen LogP contribution in [0.3, 0.4) is 0 Å². The number of pyridine rings is 1. The number of aromatic nitrogens is 3. The molecule has 0 unspecified atom stereocenters. The van der Waals surface area contributed by atoms with Gasteiger partial charge in [-0.15, -0.1) is 0 Å². The summed E-state index contributed by atoms with van der Waals surface area (Å²) in [6.45, 7) is 2.81. The Morgan fingerprint density at radius 2 is 1.89 bits per heavy atom. The molecule has 0 spiro atoms. The van der Waals surface area contributed by atoms with Gasteiger partial charge < -0.3 is 5.32 Å². The number of rotatable bonds is 3. The molecule has 18 heavy (non-hydrogen) atoms. The molecule has 0 bridgehead atoms. The van der Waals surface area contributed by atoms with Gasteiger partial charge in [-0.25, -0.2) is 9.97 Å². The van der Waals surface area contributed by atoms with E-state index < -0.39 is 0 Å². The van der Waals surface area contributed by atoms with Crippen LogP contribution in [0.25, 0.3) is 11.5 Å². The van der Waals surface area contributed by atoms with E-state index in [4.69, 9.17) is 0 Å². The van der Waals surface area contributed by atoms with Crippen LogP contribution in [-0.4, -0.2) is 21.5 Å². The van der Waals surface area contributed by atoms with Crippen LogP contribution < -0.4 is 5.32 Å². The van der Waals surface area contributed by atoms with Crippen molar-refractivity contribution in [3.63, 3.8) is 0 Å². The van der Waals surface area contributed by atoms with Gasteiger partial charge in [-0.05, 0) is 60.8 Å². The molecular weight excluding hydrogens is 428 g/mol. The first-order valence-corrected chi connectivity index (χ1v) is 7.57. The third-order valence-electron chi connectivity index (χ3n) is 2.11. The molecule has 2 aromatic rings. The van der Waals surface area contributed by atoms with Gasteiger partial charge in [-0.3, -0.25) is 4.98 Å². The van der Waals surface area contributed by atoms with E-state index in [0.29, 0.717) is 11.5 Å². The van der Waals surface area contributed by atoms with E-state index in [0.717, 1.165) is 25.8 Å². The molecule has 0 saturated heterocycles. The fourth-order valence-corrected chi connectivity index (χ4v) is 2.85. The zero-order valence-corrected chi connectivity index (χ0v) is 14.2. The molecule has 0 fully saturated rings. The second kappa shape index (κ2) is 6.08. The van der Waals surface area contributed by atoms with Crippen molar-refractivity contribution in [2.24, 2.45) is 0 Å². The summed E-state index contributed by atoms with van der Waals surface area (Å²) >= 11 is 10.2. The summed E-state index contributed by atoms with van der Waals surface area (Å²) in [5.74, 6) is 1.34. The molecule has 0 radical (unpaired) electrons. The van der Waals surface area contributed by atoms with Crippen molar-refractivity contribution in [3.05, 3.63) is 31.9 Å². The lowest BCUT2D eigenvalue weighted by Crippen LogP contribution is -2.03. The van der Waals surface area contributed by atoms with Crippen molar-refractivity contribution in [2.75, 3.05) is 11.9 Å². The van der Waals surface area contributed by atoms with Gasteiger partial charge in [-0.1, -0.05) is 0 Å². The molecule has 2 heterocycles. The topological polar surface area (TPSA) is 50.7 Å². The van der Waals surface area contributed by atoms with Gasteiger partial charge in [0.1, 0.15) is 11.5 Å². The Labute approximate surface area is 130 Å². The highest BCUT2D eigenvalue weighted by Crippen LogP contribution is 2.28. The Morgan fingerprint density at radius 3 is 2.56 bits per heavy atom. The standard InChI is InChI=1S/C11H9Br3N4/c1-2-15-10-8(14)5-17-11(18-10)9-7(13)3-6(12)4-16-9/h3-5H,2H2,1H3,(H,15,17,18). The Hall–Kier alpha value is -0.530. The fraction of sp³-hybridized carbons (Fsp3) is 0.182. The minimum atomic E-state index is 0.577. The van der Waals surface area contributed by atoms with Crippen LogP contribution in [0.1, 0.15) is 6.92 Å². The third kappa shape index (κ3) is 3.07. The van der Waals surface area contributed by atoms with Gasteiger partial charge in [0, 0.05) is 27.9 Å². The first-order chi connectivity index (χ1) is 8.61. The van der Waals surface area contributed by atoms with Gasteiger partial charge in [0.05, 0.1) is 4.47 Å². The second-order valence-corrected chi connectivity index (χ2v) is 6.03. The number of halogens is 3. The third-order valence-corrected chi connectivity index (χ3v) is 3.73. The molecule has 0 aromatic carbocycles. The summed E-state index contributed by atoms with van der Waals surface area (Å²) in [4.78, 5) is 13.0. The smallest absolute Gasteiger partial charge is 0.181 e. The van der Waals surface area contributed by atoms with E-state index in [-0.39, 0.29) is 0 Å². The van der Waals surface area contributed by atoms with Gasteiger partial charge in [-0.2, -0.15) is 0 Å². The lowest BCUT2D eigenvalue weighted by molar-refractivity contribution is 1.08. The summed E-state index contributed by atoms with van der Waals surface area (Å²) in [5, 5.41) is 3.17. The predicted octanol–water partition coefficient (Wildman–Crippen LogP) is 4.26. The average Bonchev–Trinajstić information content (AvgIpc) is 2.33. The average molecular weight is 437 g/mol.